The largest absolute Gasteiger partial charge is 0.453 e. The average molecular weight is 465 g/mol. The molecule has 3 aliphatic heterocycles. The van der Waals surface area contributed by atoms with Crippen molar-refractivity contribution < 1.29 is 4.74 Å². The number of para-hydroxylation sites is 2. The molecule has 4 heterocycles. The molecule has 4 aromatic rings. The van der Waals surface area contributed by atoms with Crippen molar-refractivity contribution in [3.63, 3.8) is 0 Å². The van der Waals surface area contributed by atoms with Gasteiger partial charge in [0.25, 0.3) is 0 Å². The zero-order chi connectivity index (χ0) is 23.2. The van der Waals surface area contributed by atoms with Gasteiger partial charge in [-0.15, -0.1) is 5.10 Å². The van der Waals surface area contributed by atoms with Gasteiger partial charge in [0.05, 0.1) is 11.4 Å². The summed E-state index contributed by atoms with van der Waals surface area (Å²) >= 11 is 0. The molecule has 1 N–H and O–H groups in total. The average Bonchev–Trinajstić information content (AvgIpc) is 3.52. The molecular formula is C28H28N6O. The van der Waals surface area contributed by atoms with E-state index in [1.54, 1.807) is 0 Å². The Bertz CT molecular complexity index is 1310. The van der Waals surface area contributed by atoms with E-state index in [-0.39, 0.29) is 0 Å². The molecule has 2 unspecified atom stereocenters. The molecule has 7 heteroatoms. The molecule has 2 atom stereocenters. The number of piperidine rings is 1. The highest BCUT2D eigenvalue weighted by atomic mass is 16.5. The highest BCUT2D eigenvalue weighted by molar-refractivity contribution is 5.80. The molecule has 2 bridgehead atoms. The smallest absolute Gasteiger partial charge is 0.179 e. The summed E-state index contributed by atoms with van der Waals surface area (Å²) in [7, 11) is 0. The molecule has 35 heavy (non-hydrogen) atoms. The number of ether oxygens (including phenoxy) is 1. The van der Waals surface area contributed by atoms with Crippen LogP contribution in [0.2, 0.25) is 0 Å². The number of tetrazole rings is 1. The number of anilines is 2. The van der Waals surface area contributed by atoms with Gasteiger partial charge in [-0.1, -0.05) is 42.5 Å². The number of nitrogens with zero attached hydrogens (tertiary/aromatic N) is 5. The number of aromatic nitrogens is 4. The lowest BCUT2D eigenvalue weighted by atomic mass is 9.93. The number of hydrogen-bond acceptors (Lipinski definition) is 6. The number of fused-ring (bicyclic) bond motifs is 4. The van der Waals surface area contributed by atoms with E-state index < -0.39 is 0 Å². The van der Waals surface area contributed by atoms with Gasteiger partial charge in [-0.05, 0) is 78.4 Å². The van der Waals surface area contributed by atoms with E-state index in [4.69, 9.17) is 4.74 Å². The Morgan fingerprint density at radius 3 is 2.40 bits per heavy atom. The first kappa shape index (κ1) is 20.6. The fraction of sp³-hybridized carbons (Fsp3) is 0.321. The Hall–Kier alpha value is -3.71. The SMILES string of the molecule is c1ccc(CCN2C3CCC2CC(N2c4ccccc4Oc4cc(-c5nnn[nH]5)ccc42)C3)cc1. The normalized spacial score (nSPS) is 23.0. The van der Waals surface area contributed by atoms with Gasteiger partial charge in [0.1, 0.15) is 0 Å². The van der Waals surface area contributed by atoms with E-state index in [9.17, 15) is 0 Å². The standard InChI is InChI=1S/C28H28N6O/c1-2-6-19(7-3-1)14-15-33-21-11-12-22(33)18-23(17-21)34-24-8-4-5-9-26(24)35-27-16-20(10-13-25(27)34)28-29-31-32-30-28/h1-10,13,16,21-23H,11-12,14-15,17-18H2,(H,29,30,31,32). The van der Waals surface area contributed by atoms with Crippen molar-refractivity contribution in [3.8, 4) is 22.9 Å². The second-order valence-corrected chi connectivity index (χ2v) is 9.86. The van der Waals surface area contributed by atoms with E-state index >= 15 is 0 Å². The first-order valence-electron chi connectivity index (χ1n) is 12.6. The van der Waals surface area contributed by atoms with E-state index in [0.29, 0.717) is 23.9 Å². The van der Waals surface area contributed by atoms with Crippen LogP contribution in [0, 0.1) is 0 Å². The van der Waals surface area contributed by atoms with Gasteiger partial charge in [-0.25, -0.2) is 5.10 Å². The second-order valence-electron chi connectivity index (χ2n) is 9.86. The van der Waals surface area contributed by atoms with E-state index in [1.165, 1.54) is 31.2 Å². The van der Waals surface area contributed by atoms with Crippen LogP contribution < -0.4 is 9.64 Å². The highest BCUT2D eigenvalue weighted by Crippen LogP contribution is 2.51. The summed E-state index contributed by atoms with van der Waals surface area (Å²) in [5, 5.41) is 14.4. The summed E-state index contributed by atoms with van der Waals surface area (Å²) in [6.07, 6.45) is 6.07. The second kappa shape index (κ2) is 8.50. The lowest BCUT2D eigenvalue weighted by Gasteiger charge is -2.46. The summed E-state index contributed by atoms with van der Waals surface area (Å²) < 4.78 is 6.38. The number of aromatic amines is 1. The van der Waals surface area contributed by atoms with Crippen LogP contribution >= 0.6 is 0 Å². The maximum Gasteiger partial charge on any atom is 0.179 e. The molecule has 176 valence electrons. The van der Waals surface area contributed by atoms with Crippen molar-refractivity contribution in [2.45, 2.75) is 50.2 Å². The quantitative estimate of drug-likeness (QED) is 0.429. The summed E-state index contributed by atoms with van der Waals surface area (Å²) in [6, 6.07) is 27.3. The maximum absolute atomic E-state index is 6.38. The van der Waals surface area contributed by atoms with Gasteiger partial charge in [0.15, 0.2) is 17.3 Å². The molecule has 2 saturated heterocycles. The summed E-state index contributed by atoms with van der Waals surface area (Å²) in [5.74, 6) is 2.41. The molecule has 1 aromatic heterocycles. The Morgan fingerprint density at radius 1 is 0.829 bits per heavy atom. The van der Waals surface area contributed by atoms with Gasteiger partial charge in [-0.2, -0.15) is 0 Å². The van der Waals surface area contributed by atoms with Gasteiger partial charge in [-0.3, -0.25) is 4.90 Å². The Morgan fingerprint density at radius 2 is 1.60 bits per heavy atom. The fourth-order valence-corrected chi connectivity index (χ4v) is 6.33. The summed E-state index contributed by atoms with van der Waals surface area (Å²) in [6.45, 7) is 1.15. The van der Waals surface area contributed by atoms with Gasteiger partial charge in [0, 0.05) is 30.2 Å². The van der Waals surface area contributed by atoms with Crippen molar-refractivity contribution in [1.29, 1.82) is 0 Å². The van der Waals surface area contributed by atoms with Gasteiger partial charge < -0.3 is 9.64 Å². The van der Waals surface area contributed by atoms with Crippen molar-refractivity contribution in [2.75, 3.05) is 11.4 Å². The number of benzene rings is 3. The minimum absolute atomic E-state index is 0.446. The first-order valence-corrected chi connectivity index (χ1v) is 12.6. The van der Waals surface area contributed by atoms with Crippen LogP contribution in [0.5, 0.6) is 11.5 Å². The molecule has 0 saturated carbocycles. The van der Waals surface area contributed by atoms with Crippen LogP contribution in [-0.4, -0.2) is 50.2 Å². The van der Waals surface area contributed by atoms with E-state index in [2.05, 4.69) is 91.1 Å². The Kier molecular flexibility index (Phi) is 5.01. The van der Waals surface area contributed by atoms with Gasteiger partial charge in [0.2, 0.25) is 0 Å². The molecule has 0 radical (unpaired) electrons. The molecule has 7 nitrogen and oxygen atoms in total. The van der Waals surface area contributed by atoms with E-state index in [1.807, 2.05) is 12.1 Å². The lowest BCUT2D eigenvalue weighted by Crippen LogP contribution is -2.50. The molecule has 7 rings (SSSR count). The Balaban J connectivity index is 1.18. The predicted molar refractivity (Wildman–Crippen MR) is 135 cm³/mol. The van der Waals surface area contributed by atoms with Crippen LogP contribution in [0.15, 0.2) is 72.8 Å². The number of hydrogen-bond donors (Lipinski definition) is 1. The third-order valence-corrected chi connectivity index (χ3v) is 7.91. The molecule has 2 fully saturated rings. The van der Waals surface area contributed by atoms with Crippen molar-refractivity contribution in [2.24, 2.45) is 0 Å². The molecule has 0 amide bonds. The minimum atomic E-state index is 0.446. The fourth-order valence-electron chi connectivity index (χ4n) is 6.33. The van der Waals surface area contributed by atoms with Crippen LogP contribution in [0.25, 0.3) is 11.4 Å². The van der Waals surface area contributed by atoms with Crippen LogP contribution in [-0.2, 0) is 6.42 Å². The van der Waals surface area contributed by atoms with Crippen molar-refractivity contribution in [3.05, 3.63) is 78.4 Å². The van der Waals surface area contributed by atoms with E-state index in [0.717, 1.165) is 41.4 Å². The topological polar surface area (TPSA) is 70.2 Å². The van der Waals surface area contributed by atoms with Crippen LogP contribution in [0.1, 0.15) is 31.2 Å². The van der Waals surface area contributed by atoms with Crippen LogP contribution in [0.4, 0.5) is 11.4 Å². The summed E-state index contributed by atoms with van der Waals surface area (Å²) in [4.78, 5) is 5.33. The Labute approximate surface area is 204 Å². The minimum Gasteiger partial charge on any atom is -0.453 e. The molecule has 0 aliphatic carbocycles. The summed E-state index contributed by atoms with van der Waals surface area (Å²) in [5.41, 5.74) is 4.64. The van der Waals surface area contributed by atoms with Crippen LogP contribution in [0.3, 0.4) is 0 Å². The third kappa shape index (κ3) is 3.67. The zero-order valence-electron chi connectivity index (χ0n) is 19.5. The lowest BCUT2D eigenvalue weighted by molar-refractivity contribution is 0.129. The number of rotatable bonds is 5. The molecule has 3 aromatic carbocycles. The molecule has 3 aliphatic rings. The third-order valence-electron chi connectivity index (χ3n) is 7.91. The highest BCUT2D eigenvalue weighted by Gasteiger charge is 2.44. The number of H-pyrrole nitrogens is 1. The first-order chi connectivity index (χ1) is 17.3. The van der Waals surface area contributed by atoms with Gasteiger partial charge >= 0.3 is 0 Å². The monoisotopic (exact) mass is 464 g/mol. The zero-order valence-corrected chi connectivity index (χ0v) is 19.5. The van der Waals surface area contributed by atoms with Crippen molar-refractivity contribution in [1.82, 2.24) is 25.5 Å². The molecule has 0 spiro atoms. The predicted octanol–water partition coefficient (Wildman–Crippen LogP) is 5.35. The maximum atomic E-state index is 6.38. The molecular weight excluding hydrogens is 436 g/mol. The number of nitrogens with one attached hydrogen (secondary N) is 1. The van der Waals surface area contributed by atoms with Crippen molar-refractivity contribution >= 4 is 11.4 Å².